The fourth-order valence-electron chi connectivity index (χ4n) is 2.74. The molecule has 0 N–H and O–H groups in total. The van der Waals surface area contributed by atoms with Gasteiger partial charge in [-0.15, -0.1) is 23.4 Å². The molecule has 0 aromatic heterocycles. The number of halogens is 2. The normalized spacial score (nSPS) is 13.2. The van der Waals surface area contributed by atoms with Gasteiger partial charge in [0.15, 0.2) is 5.78 Å². The van der Waals surface area contributed by atoms with Gasteiger partial charge in [0.05, 0.1) is 10.6 Å². The van der Waals surface area contributed by atoms with E-state index in [1.807, 2.05) is 80.6 Å². The monoisotopic (exact) mass is 414 g/mol. The van der Waals surface area contributed by atoms with Crippen LogP contribution >= 0.6 is 35.0 Å². The van der Waals surface area contributed by atoms with Gasteiger partial charge in [0.1, 0.15) is 0 Å². The van der Waals surface area contributed by atoms with Crippen molar-refractivity contribution in [2.75, 3.05) is 0 Å². The van der Waals surface area contributed by atoms with Gasteiger partial charge >= 0.3 is 0 Å². The van der Waals surface area contributed by atoms with E-state index in [-0.39, 0.29) is 5.78 Å². The lowest BCUT2D eigenvalue weighted by Gasteiger charge is -2.22. The first-order valence-corrected chi connectivity index (χ1v) is 10.4. The molecular weight excluding hydrogens is 395 g/mol. The number of aryl methyl sites for hydroxylation is 2. The van der Waals surface area contributed by atoms with E-state index in [2.05, 4.69) is 0 Å². The fourth-order valence-corrected chi connectivity index (χ4v) is 4.45. The van der Waals surface area contributed by atoms with Gasteiger partial charge in [-0.3, -0.25) is 4.79 Å². The lowest BCUT2D eigenvalue weighted by Crippen LogP contribution is -2.22. The summed E-state index contributed by atoms with van der Waals surface area (Å²) in [6.07, 6.45) is 0. The van der Waals surface area contributed by atoms with Crippen molar-refractivity contribution in [2.24, 2.45) is 0 Å². The Bertz CT molecular complexity index is 920. The topological polar surface area (TPSA) is 17.1 Å². The van der Waals surface area contributed by atoms with E-state index in [4.69, 9.17) is 23.2 Å². The second kappa shape index (κ2) is 8.97. The van der Waals surface area contributed by atoms with Crippen LogP contribution in [0.15, 0.2) is 77.7 Å². The van der Waals surface area contributed by atoms with Gasteiger partial charge in [-0.2, -0.15) is 0 Å². The molecule has 0 bridgehead atoms. The first-order valence-electron chi connectivity index (χ1n) is 8.68. The number of alkyl halides is 1. The standard InChI is InChI=1S/C23H20Cl2OS/c1-15-6-10-17(11-7-15)22(26)23(27-20-12-8-16(2)9-13-20)21(25)18-4-3-5-19(24)14-18/h3-14,21,23H,1-2H3. The number of carbonyl (C=O) groups excluding carboxylic acids is 1. The minimum Gasteiger partial charge on any atom is -0.293 e. The Kier molecular flexibility index (Phi) is 6.64. The molecule has 0 aliphatic rings. The van der Waals surface area contributed by atoms with Crippen molar-refractivity contribution in [1.29, 1.82) is 0 Å². The lowest BCUT2D eigenvalue weighted by molar-refractivity contribution is 0.0988. The van der Waals surface area contributed by atoms with Crippen LogP contribution in [0.1, 0.15) is 32.4 Å². The average molecular weight is 415 g/mol. The quantitative estimate of drug-likeness (QED) is 0.239. The number of thioether (sulfide) groups is 1. The molecule has 0 saturated heterocycles. The average Bonchev–Trinajstić information content (AvgIpc) is 2.67. The highest BCUT2D eigenvalue weighted by Gasteiger charge is 2.30. The second-order valence-electron chi connectivity index (χ2n) is 6.54. The van der Waals surface area contributed by atoms with Gasteiger partial charge in [-0.05, 0) is 43.7 Å². The molecule has 0 heterocycles. The Balaban J connectivity index is 1.95. The molecule has 2 atom stereocenters. The first-order chi connectivity index (χ1) is 12.9. The minimum absolute atomic E-state index is 0.0144. The number of rotatable bonds is 6. The summed E-state index contributed by atoms with van der Waals surface area (Å²) >= 11 is 14.4. The number of benzene rings is 3. The fraction of sp³-hybridized carbons (Fsp3) is 0.174. The zero-order chi connectivity index (χ0) is 19.4. The van der Waals surface area contributed by atoms with Crippen molar-refractivity contribution in [1.82, 2.24) is 0 Å². The van der Waals surface area contributed by atoms with Crippen LogP contribution in [0.4, 0.5) is 0 Å². The highest BCUT2D eigenvalue weighted by Crippen LogP contribution is 2.39. The summed E-state index contributed by atoms with van der Waals surface area (Å²) in [5.41, 5.74) is 3.80. The van der Waals surface area contributed by atoms with E-state index in [1.54, 1.807) is 6.07 Å². The summed E-state index contributed by atoms with van der Waals surface area (Å²) in [5.74, 6) is 0.0144. The summed E-state index contributed by atoms with van der Waals surface area (Å²) in [7, 11) is 0. The van der Waals surface area contributed by atoms with Gasteiger partial charge < -0.3 is 0 Å². The maximum absolute atomic E-state index is 13.3. The smallest absolute Gasteiger partial charge is 0.178 e. The van der Waals surface area contributed by atoms with Crippen LogP contribution in [0, 0.1) is 13.8 Å². The lowest BCUT2D eigenvalue weighted by atomic mass is 10.0. The van der Waals surface area contributed by atoms with Crippen molar-refractivity contribution < 1.29 is 4.79 Å². The number of carbonyl (C=O) groups is 1. The van der Waals surface area contributed by atoms with E-state index < -0.39 is 10.6 Å². The van der Waals surface area contributed by atoms with Crippen molar-refractivity contribution in [3.05, 3.63) is 100 Å². The van der Waals surface area contributed by atoms with E-state index in [0.29, 0.717) is 10.6 Å². The summed E-state index contributed by atoms with van der Waals surface area (Å²) in [6.45, 7) is 4.04. The highest BCUT2D eigenvalue weighted by molar-refractivity contribution is 8.00. The van der Waals surface area contributed by atoms with Gasteiger partial charge in [-0.1, -0.05) is 71.3 Å². The SMILES string of the molecule is Cc1ccc(SC(C(=O)c2ccc(C)cc2)C(Cl)c2cccc(Cl)c2)cc1. The van der Waals surface area contributed by atoms with Crippen LogP contribution in [-0.4, -0.2) is 11.0 Å². The molecule has 0 fully saturated rings. The Morgan fingerprint density at radius 1 is 0.889 bits per heavy atom. The molecule has 3 aromatic carbocycles. The van der Waals surface area contributed by atoms with E-state index in [0.717, 1.165) is 16.0 Å². The molecule has 4 heteroatoms. The van der Waals surface area contributed by atoms with Crippen LogP contribution in [0.3, 0.4) is 0 Å². The molecule has 3 aromatic rings. The van der Waals surface area contributed by atoms with Crippen LogP contribution in [0.2, 0.25) is 5.02 Å². The van der Waals surface area contributed by atoms with Gasteiger partial charge in [0.25, 0.3) is 0 Å². The van der Waals surface area contributed by atoms with E-state index in [9.17, 15) is 4.79 Å². The largest absolute Gasteiger partial charge is 0.293 e. The molecule has 138 valence electrons. The molecule has 0 aliphatic heterocycles. The maximum atomic E-state index is 13.3. The molecular formula is C23H20Cl2OS. The predicted octanol–water partition coefficient (Wildman–Crippen LogP) is 7.28. The van der Waals surface area contributed by atoms with Crippen molar-refractivity contribution in [3.8, 4) is 0 Å². The van der Waals surface area contributed by atoms with Crippen LogP contribution in [0.25, 0.3) is 0 Å². The molecule has 1 nitrogen and oxygen atoms in total. The summed E-state index contributed by atoms with van der Waals surface area (Å²) in [6, 6.07) is 23.1. The van der Waals surface area contributed by atoms with Gasteiger partial charge in [0, 0.05) is 15.5 Å². The number of hydrogen-bond acceptors (Lipinski definition) is 2. The summed E-state index contributed by atoms with van der Waals surface area (Å²) in [4.78, 5) is 14.3. The van der Waals surface area contributed by atoms with E-state index in [1.165, 1.54) is 17.3 Å². The third-order valence-electron chi connectivity index (χ3n) is 4.31. The zero-order valence-electron chi connectivity index (χ0n) is 15.2. The number of Topliss-reactive ketones (excluding diaryl/α,β-unsaturated/α-hetero) is 1. The maximum Gasteiger partial charge on any atom is 0.178 e. The Hall–Kier alpha value is -1.74. The third-order valence-corrected chi connectivity index (χ3v) is 6.48. The van der Waals surface area contributed by atoms with Crippen molar-refractivity contribution in [3.63, 3.8) is 0 Å². The highest BCUT2D eigenvalue weighted by atomic mass is 35.5. The Morgan fingerprint density at radius 2 is 1.48 bits per heavy atom. The molecule has 3 rings (SSSR count). The molecule has 27 heavy (non-hydrogen) atoms. The molecule has 0 spiro atoms. The molecule has 0 aliphatic carbocycles. The first kappa shape index (κ1) is 20.0. The molecule has 0 saturated carbocycles. The van der Waals surface area contributed by atoms with Crippen LogP contribution in [0.5, 0.6) is 0 Å². The summed E-state index contributed by atoms with van der Waals surface area (Å²) < 4.78 is 0. The Labute approximate surface area is 174 Å². The minimum atomic E-state index is -0.496. The predicted molar refractivity (Wildman–Crippen MR) is 116 cm³/mol. The number of hydrogen-bond donors (Lipinski definition) is 0. The molecule has 0 radical (unpaired) electrons. The second-order valence-corrected chi connectivity index (χ2v) is 8.66. The summed E-state index contributed by atoms with van der Waals surface area (Å²) in [5, 5.41) is -0.348. The molecule has 2 unspecified atom stereocenters. The van der Waals surface area contributed by atoms with Crippen LogP contribution < -0.4 is 0 Å². The zero-order valence-corrected chi connectivity index (χ0v) is 17.5. The third kappa shape index (κ3) is 5.16. The van der Waals surface area contributed by atoms with Crippen LogP contribution in [-0.2, 0) is 0 Å². The van der Waals surface area contributed by atoms with Gasteiger partial charge in [0.2, 0.25) is 0 Å². The number of ketones is 1. The van der Waals surface area contributed by atoms with E-state index >= 15 is 0 Å². The van der Waals surface area contributed by atoms with Crippen molar-refractivity contribution in [2.45, 2.75) is 29.4 Å². The molecule has 0 amide bonds. The van der Waals surface area contributed by atoms with Crippen molar-refractivity contribution >= 4 is 40.7 Å². The Morgan fingerprint density at radius 3 is 2.07 bits per heavy atom. The van der Waals surface area contributed by atoms with Gasteiger partial charge in [-0.25, -0.2) is 0 Å².